The molecule has 13 heteroatoms. The number of nitrogens with zero attached hydrogens (tertiary/aromatic N) is 3. The van der Waals surface area contributed by atoms with Gasteiger partial charge in [-0.2, -0.15) is 4.98 Å². The maximum atomic E-state index is 14.6. The minimum Gasteiger partial charge on any atom is -0.508 e. The lowest BCUT2D eigenvalue weighted by atomic mass is 9.89. The molecule has 2 aromatic heterocycles. The van der Waals surface area contributed by atoms with E-state index in [1.54, 1.807) is 17.0 Å². The van der Waals surface area contributed by atoms with Crippen molar-refractivity contribution in [3.8, 4) is 16.9 Å². The number of aromatic hydroxyl groups is 1. The molecule has 3 atom stereocenters. The van der Waals surface area contributed by atoms with Crippen LogP contribution in [0.3, 0.4) is 0 Å². The zero-order chi connectivity index (χ0) is 40.1. The van der Waals surface area contributed by atoms with E-state index in [0.717, 1.165) is 49.8 Å². The van der Waals surface area contributed by atoms with Crippen LogP contribution in [0.15, 0.2) is 102 Å². The van der Waals surface area contributed by atoms with Gasteiger partial charge in [-0.15, -0.1) is 0 Å². The molecule has 1 aliphatic heterocycles. The molecular weight excluding hydrogens is 719 g/mol. The molecule has 3 unspecified atom stereocenters. The van der Waals surface area contributed by atoms with E-state index in [4.69, 9.17) is 26.4 Å². The summed E-state index contributed by atoms with van der Waals surface area (Å²) in [6, 6.07) is 26.9. The molecule has 1 aliphatic rings. The molecular formula is C44H49N9O4. The summed E-state index contributed by atoms with van der Waals surface area (Å²) in [7, 11) is 0. The van der Waals surface area contributed by atoms with Gasteiger partial charge in [0.2, 0.25) is 17.7 Å². The number of fused-ring (bicyclic) bond motifs is 1. The SMILES string of the molecule is Cc1cc(O)cc(C)c1CC(NC(=O)C(N)C1CCN(C(=N)N)CC1)C(=O)NC(Cc1c[nH]c2ccccc12)c1nc(Cc2ccc(-c3ccccc3)cc2)no1. The quantitative estimate of drug-likeness (QED) is 0.0608. The smallest absolute Gasteiger partial charge is 0.249 e. The number of H-pyrrole nitrogens is 1. The number of hydrogen-bond donors (Lipinski definition) is 7. The van der Waals surface area contributed by atoms with Gasteiger partial charge in [-0.1, -0.05) is 78.0 Å². The molecule has 9 N–H and O–H groups in total. The number of guanidine groups is 1. The first-order chi connectivity index (χ1) is 27.5. The summed E-state index contributed by atoms with van der Waals surface area (Å²) in [5.41, 5.74) is 19.8. The van der Waals surface area contributed by atoms with E-state index >= 15 is 0 Å². The van der Waals surface area contributed by atoms with E-state index in [2.05, 4.69) is 45.0 Å². The van der Waals surface area contributed by atoms with Crippen molar-refractivity contribution in [1.82, 2.24) is 30.7 Å². The molecule has 13 nitrogen and oxygen atoms in total. The number of benzene rings is 4. The summed E-state index contributed by atoms with van der Waals surface area (Å²) in [6.07, 6.45) is 3.99. The van der Waals surface area contributed by atoms with Gasteiger partial charge in [-0.05, 0) is 89.8 Å². The molecule has 0 saturated carbocycles. The number of nitrogens with two attached hydrogens (primary N) is 2. The number of para-hydroxylation sites is 1. The van der Waals surface area contributed by atoms with Gasteiger partial charge in [0.05, 0.1) is 6.04 Å². The normalized spacial score (nSPS) is 14.9. The number of phenolic OH excluding ortho intramolecular Hbond substituents is 1. The molecule has 0 aliphatic carbocycles. The van der Waals surface area contributed by atoms with Crippen LogP contribution in [0.25, 0.3) is 22.0 Å². The number of likely N-dealkylation sites (tertiary alicyclic amines) is 1. The maximum Gasteiger partial charge on any atom is 0.249 e. The predicted octanol–water partition coefficient (Wildman–Crippen LogP) is 5.19. The molecule has 1 fully saturated rings. The summed E-state index contributed by atoms with van der Waals surface area (Å²) in [4.78, 5) is 38.2. The Morgan fingerprint density at radius 3 is 2.30 bits per heavy atom. The number of aryl methyl sites for hydroxylation is 2. The van der Waals surface area contributed by atoms with Crippen LogP contribution in [0.5, 0.6) is 5.75 Å². The molecule has 0 bridgehead atoms. The highest BCUT2D eigenvalue weighted by atomic mass is 16.5. The van der Waals surface area contributed by atoms with Crippen LogP contribution in [-0.4, -0.2) is 68.1 Å². The van der Waals surface area contributed by atoms with Gasteiger partial charge in [-0.3, -0.25) is 15.0 Å². The number of carbonyl (C=O) groups is 2. The summed E-state index contributed by atoms with van der Waals surface area (Å²) in [5.74, 6) is -0.223. The first-order valence-corrected chi connectivity index (χ1v) is 19.3. The first kappa shape index (κ1) is 38.8. The van der Waals surface area contributed by atoms with Crippen molar-refractivity contribution < 1.29 is 19.2 Å². The molecule has 294 valence electrons. The molecule has 7 rings (SSSR count). The van der Waals surface area contributed by atoms with Gasteiger partial charge in [-0.25, -0.2) is 0 Å². The second-order valence-electron chi connectivity index (χ2n) is 15.0. The van der Waals surface area contributed by atoms with E-state index in [0.29, 0.717) is 44.6 Å². The average molecular weight is 768 g/mol. The van der Waals surface area contributed by atoms with E-state index in [-0.39, 0.29) is 29.9 Å². The third kappa shape index (κ3) is 9.16. The van der Waals surface area contributed by atoms with Gasteiger partial charge in [0.15, 0.2) is 11.8 Å². The van der Waals surface area contributed by atoms with Gasteiger partial charge >= 0.3 is 0 Å². The minimum atomic E-state index is -1.03. The van der Waals surface area contributed by atoms with Gasteiger partial charge in [0.25, 0.3) is 0 Å². The fourth-order valence-electron chi connectivity index (χ4n) is 7.79. The number of piperidine rings is 1. The Balaban J connectivity index is 1.15. The molecule has 6 aromatic rings. The predicted molar refractivity (Wildman–Crippen MR) is 219 cm³/mol. The highest BCUT2D eigenvalue weighted by Gasteiger charge is 2.34. The van der Waals surface area contributed by atoms with Crippen molar-refractivity contribution in [2.75, 3.05) is 13.1 Å². The second kappa shape index (κ2) is 17.1. The van der Waals surface area contributed by atoms with Crippen LogP contribution in [0.2, 0.25) is 0 Å². The third-order valence-corrected chi connectivity index (χ3v) is 11.0. The number of rotatable bonds is 13. The van der Waals surface area contributed by atoms with Gasteiger partial charge in [0.1, 0.15) is 17.8 Å². The fourth-order valence-corrected chi connectivity index (χ4v) is 7.79. The zero-order valence-corrected chi connectivity index (χ0v) is 32.2. The third-order valence-electron chi connectivity index (χ3n) is 11.0. The fraction of sp³-hybridized carbons (Fsp3) is 0.295. The largest absolute Gasteiger partial charge is 0.508 e. The average Bonchev–Trinajstić information content (AvgIpc) is 3.86. The zero-order valence-electron chi connectivity index (χ0n) is 32.2. The van der Waals surface area contributed by atoms with Crippen molar-refractivity contribution >= 4 is 28.7 Å². The van der Waals surface area contributed by atoms with Gasteiger partial charge in [0, 0.05) is 49.5 Å². The first-order valence-electron chi connectivity index (χ1n) is 19.3. The lowest BCUT2D eigenvalue weighted by molar-refractivity contribution is -0.131. The summed E-state index contributed by atoms with van der Waals surface area (Å²) >= 11 is 0. The van der Waals surface area contributed by atoms with Crippen molar-refractivity contribution in [3.63, 3.8) is 0 Å². The Kier molecular flexibility index (Phi) is 11.7. The highest BCUT2D eigenvalue weighted by molar-refractivity contribution is 5.90. The van der Waals surface area contributed by atoms with Crippen LogP contribution < -0.4 is 22.1 Å². The Morgan fingerprint density at radius 1 is 0.930 bits per heavy atom. The number of aromatic nitrogens is 3. The van der Waals surface area contributed by atoms with E-state index in [9.17, 15) is 14.7 Å². The van der Waals surface area contributed by atoms with Crippen molar-refractivity contribution in [2.24, 2.45) is 17.4 Å². The molecule has 2 amide bonds. The molecule has 0 radical (unpaired) electrons. The summed E-state index contributed by atoms with van der Waals surface area (Å²) < 4.78 is 5.88. The number of carbonyl (C=O) groups excluding carboxylic acids is 2. The van der Waals surface area contributed by atoms with Crippen LogP contribution in [0.1, 0.15) is 58.4 Å². The van der Waals surface area contributed by atoms with E-state index in [1.807, 2.05) is 74.6 Å². The Labute approximate surface area is 331 Å². The Bertz CT molecular complexity index is 2320. The number of aromatic amines is 1. The molecule has 1 saturated heterocycles. The van der Waals surface area contributed by atoms with Crippen molar-refractivity contribution in [3.05, 3.63) is 137 Å². The Hall–Kier alpha value is -6.47. The summed E-state index contributed by atoms with van der Waals surface area (Å²) in [6.45, 7) is 4.78. The number of hydrogen-bond acceptors (Lipinski definition) is 8. The molecule has 3 heterocycles. The minimum absolute atomic E-state index is 0.00380. The van der Waals surface area contributed by atoms with Crippen LogP contribution >= 0.6 is 0 Å². The monoisotopic (exact) mass is 767 g/mol. The Morgan fingerprint density at radius 2 is 1.60 bits per heavy atom. The number of phenols is 1. The van der Waals surface area contributed by atoms with E-state index in [1.165, 1.54) is 0 Å². The summed E-state index contributed by atoms with van der Waals surface area (Å²) in [5, 5.41) is 29.5. The molecule has 4 aromatic carbocycles. The lowest BCUT2D eigenvalue weighted by Gasteiger charge is -2.34. The second-order valence-corrected chi connectivity index (χ2v) is 15.0. The van der Waals surface area contributed by atoms with Crippen LogP contribution in [-0.2, 0) is 28.9 Å². The molecule has 0 spiro atoms. The van der Waals surface area contributed by atoms with Gasteiger partial charge < -0.3 is 41.6 Å². The van der Waals surface area contributed by atoms with Crippen molar-refractivity contribution in [2.45, 2.75) is 64.1 Å². The van der Waals surface area contributed by atoms with Crippen LogP contribution in [0.4, 0.5) is 0 Å². The maximum absolute atomic E-state index is 14.6. The topological polar surface area (TPSA) is 212 Å². The van der Waals surface area contributed by atoms with Crippen LogP contribution in [0, 0.1) is 25.2 Å². The standard InChI is InChI=1S/C44H49N9O4/c1-26-20-33(54)21-27(2)35(26)24-37(49-42(56)40(45)31-16-18-53(19-17-31)44(46)47)41(55)50-38(23-32-25-48-36-11-7-6-10-34(32)36)43-51-39(52-57-43)22-28-12-14-30(15-13-28)29-8-4-3-5-9-29/h3-15,20-21,25,31,37-38,40,48,54H,16-19,22-24,45H2,1-2H3,(H3,46,47)(H,49,56)(H,50,55). The number of nitrogens with one attached hydrogen (secondary N) is 4. The lowest BCUT2D eigenvalue weighted by Crippen LogP contribution is -2.56. The van der Waals surface area contributed by atoms with Crippen molar-refractivity contribution in [1.29, 1.82) is 5.41 Å². The number of amides is 2. The van der Waals surface area contributed by atoms with E-state index < -0.39 is 29.9 Å². The molecule has 57 heavy (non-hydrogen) atoms. The highest BCUT2D eigenvalue weighted by Crippen LogP contribution is 2.27.